The van der Waals surface area contributed by atoms with Gasteiger partial charge >= 0.3 is 0 Å². The highest BCUT2D eigenvalue weighted by molar-refractivity contribution is 6.30. The Morgan fingerprint density at radius 1 is 1.20 bits per heavy atom. The van der Waals surface area contributed by atoms with Gasteiger partial charge in [-0.05, 0) is 61.8 Å². The van der Waals surface area contributed by atoms with Crippen LogP contribution in [-0.4, -0.2) is 12.6 Å². The van der Waals surface area contributed by atoms with E-state index in [9.17, 15) is 0 Å². The summed E-state index contributed by atoms with van der Waals surface area (Å²) in [4.78, 5) is 0. The fourth-order valence-corrected chi connectivity index (χ4v) is 3.59. The van der Waals surface area contributed by atoms with Crippen LogP contribution >= 0.6 is 11.6 Å². The first kappa shape index (κ1) is 15.9. The van der Waals surface area contributed by atoms with Crippen LogP contribution in [0.2, 0.25) is 5.02 Å². The molecule has 20 heavy (non-hydrogen) atoms. The third kappa shape index (κ3) is 4.49. The van der Waals surface area contributed by atoms with E-state index in [1.54, 1.807) is 0 Å². The summed E-state index contributed by atoms with van der Waals surface area (Å²) in [6.07, 6.45) is 7.92. The summed E-state index contributed by atoms with van der Waals surface area (Å²) >= 11 is 5.98. The molecule has 0 spiro atoms. The maximum atomic E-state index is 5.98. The van der Waals surface area contributed by atoms with Gasteiger partial charge in [0.2, 0.25) is 0 Å². The first-order valence-corrected chi connectivity index (χ1v) is 8.58. The topological polar surface area (TPSA) is 12.0 Å². The minimum absolute atomic E-state index is 0.632. The molecule has 0 aliphatic heterocycles. The molecule has 1 saturated carbocycles. The smallest absolute Gasteiger partial charge is 0.0406 e. The lowest BCUT2D eigenvalue weighted by Crippen LogP contribution is -2.37. The Labute approximate surface area is 129 Å². The Hall–Kier alpha value is -0.530. The number of nitrogens with one attached hydrogen (secondary N) is 1. The third-order valence-corrected chi connectivity index (χ3v) is 5.01. The lowest BCUT2D eigenvalue weighted by atomic mass is 9.91. The molecule has 1 aromatic rings. The Bertz CT molecular complexity index is 387. The molecule has 0 radical (unpaired) electrons. The molecule has 1 nitrogen and oxygen atoms in total. The van der Waals surface area contributed by atoms with Gasteiger partial charge < -0.3 is 5.32 Å². The summed E-state index contributed by atoms with van der Waals surface area (Å²) in [6.45, 7) is 5.71. The average Bonchev–Trinajstić information content (AvgIpc) is 2.94. The van der Waals surface area contributed by atoms with Gasteiger partial charge in [0.15, 0.2) is 0 Å². The van der Waals surface area contributed by atoms with Crippen molar-refractivity contribution in [3.63, 3.8) is 0 Å². The standard InChI is InChI=1S/C18H28ClN/c1-3-11-20-18(16-8-5-14(4-2)12-16)13-15-6-9-17(19)10-7-15/h6-7,9-10,14,16,18,20H,3-5,8,11-13H2,1-2H3. The van der Waals surface area contributed by atoms with Gasteiger partial charge in [0.05, 0.1) is 0 Å². The van der Waals surface area contributed by atoms with E-state index in [-0.39, 0.29) is 0 Å². The highest BCUT2D eigenvalue weighted by atomic mass is 35.5. The molecule has 3 unspecified atom stereocenters. The lowest BCUT2D eigenvalue weighted by molar-refractivity contribution is 0.344. The zero-order chi connectivity index (χ0) is 14.4. The first-order chi connectivity index (χ1) is 9.72. The van der Waals surface area contributed by atoms with Gasteiger partial charge in [0.1, 0.15) is 0 Å². The molecule has 0 amide bonds. The molecule has 2 rings (SSSR count). The molecular weight excluding hydrogens is 266 g/mol. The van der Waals surface area contributed by atoms with Gasteiger partial charge in [-0.25, -0.2) is 0 Å². The minimum Gasteiger partial charge on any atom is -0.313 e. The summed E-state index contributed by atoms with van der Waals surface area (Å²) < 4.78 is 0. The van der Waals surface area contributed by atoms with Crippen LogP contribution in [-0.2, 0) is 6.42 Å². The van der Waals surface area contributed by atoms with Crippen molar-refractivity contribution in [3.8, 4) is 0 Å². The van der Waals surface area contributed by atoms with Crippen molar-refractivity contribution in [2.75, 3.05) is 6.54 Å². The number of halogens is 1. The normalized spacial score (nSPS) is 23.9. The molecule has 1 aromatic carbocycles. The van der Waals surface area contributed by atoms with E-state index >= 15 is 0 Å². The fraction of sp³-hybridized carbons (Fsp3) is 0.667. The van der Waals surface area contributed by atoms with E-state index in [0.29, 0.717) is 6.04 Å². The maximum absolute atomic E-state index is 5.98. The molecule has 112 valence electrons. The predicted octanol–water partition coefficient (Wildman–Crippen LogP) is 5.08. The third-order valence-electron chi connectivity index (χ3n) is 4.75. The molecule has 1 N–H and O–H groups in total. The number of hydrogen-bond acceptors (Lipinski definition) is 1. The van der Waals surface area contributed by atoms with Crippen LogP contribution < -0.4 is 5.32 Å². The molecule has 0 aromatic heterocycles. The predicted molar refractivity (Wildman–Crippen MR) is 88.4 cm³/mol. The van der Waals surface area contributed by atoms with E-state index in [1.165, 1.54) is 37.7 Å². The molecule has 0 bridgehead atoms. The largest absolute Gasteiger partial charge is 0.313 e. The quantitative estimate of drug-likeness (QED) is 0.739. The van der Waals surface area contributed by atoms with Crippen molar-refractivity contribution in [1.29, 1.82) is 0 Å². The van der Waals surface area contributed by atoms with Gasteiger partial charge in [-0.1, -0.05) is 50.4 Å². The maximum Gasteiger partial charge on any atom is 0.0406 e. The van der Waals surface area contributed by atoms with Crippen LogP contribution in [0.5, 0.6) is 0 Å². The van der Waals surface area contributed by atoms with Gasteiger partial charge in [-0.3, -0.25) is 0 Å². The SMILES string of the molecule is CCCNC(Cc1ccc(Cl)cc1)C1CCC(CC)C1. The fourth-order valence-electron chi connectivity index (χ4n) is 3.46. The molecule has 1 aliphatic rings. The Balaban J connectivity index is 1.98. The highest BCUT2D eigenvalue weighted by Crippen LogP contribution is 2.35. The van der Waals surface area contributed by atoms with E-state index in [1.807, 2.05) is 12.1 Å². The second kappa shape index (κ2) is 8.05. The van der Waals surface area contributed by atoms with Crippen LogP contribution in [0.1, 0.15) is 51.5 Å². The van der Waals surface area contributed by atoms with Crippen LogP contribution in [0.15, 0.2) is 24.3 Å². The minimum atomic E-state index is 0.632. The van der Waals surface area contributed by atoms with Crippen LogP contribution in [0.3, 0.4) is 0 Å². The van der Waals surface area contributed by atoms with Crippen molar-refractivity contribution in [2.45, 2.75) is 58.4 Å². The van der Waals surface area contributed by atoms with Crippen molar-refractivity contribution in [2.24, 2.45) is 11.8 Å². The van der Waals surface area contributed by atoms with Gasteiger partial charge in [-0.2, -0.15) is 0 Å². The van der Waals surface area contributed by atoms with Gasteiger partial charge in [0, 0.05) is 11.1 Å². The zero-order valence-electron chi connectivity index (χ0n) is 12.9. The van der Waals surface area contributed by atoms with Crippen LogP contribution in [0, 0.1) is 11.8 Å². The molecule has 0 saturated heterocycles. The van der Waals surface area contributed by atoms with Crippen molar-refractivity contribution in [1.82, 2.24) is 5.32 Å². The summed E-state index contributed by atoms with van der Waals surface area (Å²) in [5, 5.41) is 4.62. The summed E-state index contributed by atoms with van der Waals surface area (Å²) in [6, 6.07) is 9.01. The molecular formula is C18H28ClN. The van der Waals surface area contributed by atoms with Crippen molar-refractivity contribution in [3.05, 3.63) is 34.9 Å². The van der Waals surface area contributed by atoms with E-state index < -0.39 is 0 Å². The number of rotatable bonds is 7. The molecule has 0 heterocycles. The summed E-state index contributed by atoms with van der Waals surface area (Å²) in [5.41, 5.74) is 1.41. The number of benzene rings is 1. The van der Waals surface area contributed by atoms with Crippen LogP contribution in [0.25, 0.3) is 0 Å². The number of hydrogen-bond donors (Lipinski definition) is 1. The Morgan fingerprint density at radius 3 is 2.55 bits per heavy atom. The van der Waals surface area contributed by atoms with Crippen molar-refractivity contribution >= 4 is 11.6 Å². The van der Waals surface area contributed by atoms with Gasteiger partial charge in [0.25, 0.3) is 0 Å². The average molecular weight is 294 g/mol. The lowest BCUT2D eigenvalue weighted by Gasteiger charge is -2.25. The van der Waals surface area contributed by atoms with E-state index in [0.717, 1.165) is 29.8 Å². The van der Waals surface area contributed by atoms with Crippen molar-refractivity contribution < 1.29 is 0 Å². The van der Waals surface area contributed by atoms with E-state index in [2.05, 4.69) is 31.3 Å². The first-order valence-electron chi connectivity index (χ1n) is 8.20. The monoisotopic (exact) mass is 293 g/mol. The molecule has 2 heteroatoms. The molecule has 3 atom stereocenters. The Morgan fingerprint density at radius 2 is 1.95 bits per heavy atom. The highest BCUT2D eigenvalue weighted by Gasteiger charge is 2.29. The van der Waals surface area contributed by atoms with Gasteiger partial charge in [-0.15, -0.1) is 0 Å². The summed E-state index contributed by atoms with van der Waals surface area (Å²) in [7, 11) is 0. The van der Waals surface area contributed by atoms with Crippen LogP contribution in [0.4, 0.5) is 0 Å². The zero-order valence-corrected chi connectivity index (χ0v) is 13.6. The Kier molecular flexibility index (Phi) is 6.38. The summed E-state index contributed by atoms with van der Waals surface area (Å²) in [5.74, 6) is 1.80. The molecule has 1 fully saturated rings. The second-order valence-corrected chi connectivity index (χ2v) is 6.68. The van der Waals surface area contributed by atoms with E-state index in [4.69, 9.17) is 11.6 Å². The second-order valence-electron chi connectivity index (χ2n) is 6.24. The molecule has 1 aliphatic carbocycles.